The average Bonchev–Trinajstić information content (AvgIpc) is 3.18. The molecule has 0 heterocycles. The second kappa shape index (κ2) is 131. The number of rotatable bonds is 21. The molecule has 356 valence electrons. The Hall–Kier alpha value is -0.530. The van der Waals surface area contributed by atoms with Crippen LogP contribution >= 0.6 is 0 Å². The Balaban J connectivity index is -0.0000000442. The van der Waals surface area contributed by atoms with E-state index in [1.54, 1.807) is 6.92 Å². The summed E-state index contributed by atoms with van der Waals surface area (Å²) in [6, 6.07) is 0. The largest absolute Gasteiger partial charge is 0.466 e. The van der Waals surface area contributed by atoms with Gasteiger partial charge in [-0.25, -0.2) is 0 Å². The van der Waals surface area contributed by atoms with E-state index in [0.29, 0.717) is 6.61 Å². The quantitative estimate of drug-likeness (QED) is 0.108. The van der Waals surface area contributed by atoms with Crippen molar-refractivity contribution < 1.29 is 9.53 Å². The molecule has 56 heavy (non-hydrogen) atoms. The van der Waals surface area contributed by atoms with Gasteiger partial charge in [0.25, 0.3) is 0 Å². The highest BCUT2D eigenvalue weighted by Gasteiger charge is 1.81. The van der Waals surface area contributed by atoms with Crippen molar-refractivity contribution in [1.29, 1.82) is 0 Å². The van der Waals surface area contributed by atoms with Gasteiger partial charge in [0.1, 0.15) is 0 Å². The van der Waals surface area contributed by atoms with Crippen molar-refractivity contribution in [2.24, 2.45) is 0 Å². The highest BCUT2D eigenvalue weighted by molar-refractivity contribution is 5.65. The summed E-state index contributed by atoms with van der Waals surface area (Å²) in [5.74, 6) is -0.211. The van der Waals surface area contributed by atoms with Gasteiger partial charge < -0.3 is 4.74 Å². The second-order valence-corrected chi connectivity index (χ2v) is 14.5. The SMILES string of the molecule is CCCCC.CCCCC.CCCCC.CCCCC.CCCCC.CCCCC.CCCCC.CCCCC.CCCCC.CCCCC.CCOC(C)=O. The minimum absolute atomic E-state index is 0.211. The van der Waals surface area contributed by atoms with Crippen LogP contribution in [0, 0.1) is 0 Å². The van der Waals surface area contributed by atoms with E-state index < -0.39 is 0 Å². The normalized spacial score (nSPS) is 8.32. The summed E-state index contributed by atoms with van der Waals surface area (Å²) in [6.45, 7) is 47.9. The van der Waals surface area contributed by atoms with Gasteiger partial charge in [0.15, 0.2) is 0 Å². The topological polar surface area (TPSA) is 26.3 Å². The van der Waals surface area contributed by atoms with Gasteiger partial charge >= 0.3 is 5.97 Å². The number of carbonyl (C=O) groups is 1. The van der Waals surface area contributed by atoms with Crippen LogP contribution in [0.4, 0.5) is 0 Å². The van der Waals surface area contributed by atoms with Gasteiger partial charge in [0.2, 0.25) is 0 Å². The molecule has 0 aromatic carbocycles. The number of hydrogen-bond acceptors (Lipinski definition) is 2. The molecule has 0 aliphatic heterocycles. The maximum atomic E-state index is 9.82. The molecule has 0 spiro atoms. The van der Waals surface area contributed by atoms with E-state index >= 15 is 0 Å². The van der Waals surface area contributed by atoms with Gasteiger partial charge in [-0.2, -0.15) is 0 Å². The van der Waals surface area contributed by atoms with E-state index in [4.69, 9.17) is 0 Å². The van der Waals surface area contributed by atoms with E-state index in [1.165, 1.54) is 200 Å². The van der Waals surface area contributed by atoms with Gasteiger partial charge in [-0.3, -0.25) is 4.79 Å². The van der Waals surface area contributed by atoms with Crippen LogP contribution in [0.1, 0.15) is 345 Å². The smallest absolute Gasteiger partial charge is 0.302 e. The number of unbranched alkanes of at least 4 members (excludes halogenated alkanes) is 20. The molecule has 0 bridgehead atoms. The van der Waals surface area contributed by atoms with E-state index in [-0.39, 0.29) is 5.97 Å². The van der Waals surface area contributed by atoms with E-state index in [1.807, 2.05) is 0 Å². The summed E-state index contributed by atoms with van der Waals surface area (Å²) in [6.07, 6.45) is 40.8. The van der Waals surface area contributed by atoms with Crippen LogP contribution in [-0.4, -0.2) is 12.6 Å². The summed E-state index contributed by atoms with van der Waals surface area (Å²) in [7, 11) is 0. The van der Waals surface area contributed by atoms with Crippen LogP contribution in [0.3, 0.4) is 0 Å². The Morgan fingerprint density at radius 2 is 0.321 bits per heavy atom. The first-order valence-electron chi connectivity index (χ1n) is 26.0. The third-order valence-corrected chi connectivity index (χ3v) is 7.42. The maximum Gasteiger partial charge on any atom is 0.302 e. The van der Waals surface area contributed by atoms with Gasteiger partial charge in [-0.05, 0) is 6.92 Å². The van der Waals surface area contributed by atoms with Crippen molar-refractivity contribution in [2.75, 3.05) is 6.61 Å². The van der Waals surface area contributed by atoms with Crippen molar-refractivity contribution in [1.82, 2.24) is 0 Å². The van der Waals surface area contributed by atoms with Crippen molar-refractivity contribution >= 4 is 5.97 Å². The maximum absolute atomic E-state index is 9.82. The number of esters is 1. The second-order valence-electron chi connectivity index (χ2n) is 14.5. The highest BCUT2D eigenvalue weighted by Crippen LogP contribution is 1.92. The van der Waals surface area contributed by atoms with Crippen molar-refractivity contribution in [3.8, 4) is 0 Å². The van der Waals surface area contributed by atoms with E-state index in [0.717, 1.165) is 0 Å². The molecule has 2 nitrogen and oxygen atoms in total. The summed E-state index contributed by atoms with van der Waals surface area (Å²) in [5.41, 5.74) is 0. The number of hydrogen-bond donors (Lipinski definition) is 0. The zero-order valence-corrected chi connectivity index (χ0v) is 45.2. The van der Waals surface area contributed by atoms with Crippen molar-refractivity contribution in [3.63, 3.8) is 0 Å². The predicted octanol–water partition coefficient (Wildman–Crippen LogP) is 22.5. The van der Waals surface area contributed by atoms with Gasteiger partial charge in [-0.15, -0.1) is 0 Å². The highest BCUT2D eigenvalue weighted by atomic mass is 16.5. The Labute approximate surface area is 365 Å². The fourth-order valence-electron chi connectivity index (χ4n) is 3.74. The molecule has 0 aliphatic carbocycles. The first-order chi connectivity index (χ1) is 26.9. The number of ether oxygens (including phenoxy) is 1. The summed E-state index contributed by atoms with van der Waals surface area (Å²) in [5, 5.41) is 0. The summed E-state index contributed by atoms with van der Waals surface area (Å²) < 4.78 is 4.40. The summed E-state index contributed by atoms with van der Waals surface area (Å²) >= 11 is 0. The monoisotopic (exact) mass is 809 g/mol. The number of carbonyl (C=O) groups excluding carboxylic acids is 1. The van der Waals surface area contributed by atoms with Crippen LogP contribution < -0.4 is 0 Å². The van der Waals surface area contributed by atoms with Crippen LogP contribution in [0.15, 0.2) is 0 Å². The third-order valence-electron chi connectivity index (χ3n) is 7.42. The van der Waals surface area contributed by atoms with Crippen LogP contribution in [0.2, 0.25) is 0 Å². The van der Waals surface area contributed by atoms with Gasteiger partial charge in [-0.1, -0.05) is 331 Å². The Kier molecular flexibility index (Phi) is 195. The fraction of sp³-hybridized carbons (Fsp3) is 0.981. The zero-order valence-electron chi connectivity index (χ0n) is 45.2. The molecule has 0 N–H and O–H groups in total. The molecule has 0 radical (unpaired) electrons. The Morgan fingerprint density at radius 3 is 0.321 bits per heavy atom. The van der Waals surface area contributed by atoms with Gasteiger partial charge in [0.05, 0.1) is 6.61 Å². The lowest BCUT2D eigenvalue weighted by atomic mass is 10.3. The first-order valence-corrected chi connectivity index (χ1v) is 26.0. The minimum atomic E-state index is -0.211. The lowest BCUT2D eigenvalue weighted by molar-refractivity contribution is -0.140. The molecule has 0 saturated heterocycles. The van der Waals surface area contributed by atoms with Crippen LogP contribution in [-0.2, 0) is 9.53 Å². The molecule has 0 aliphatic rings. The zero-order chi connectivity index (χ0) is 46.2. The molecule has 0 aromatic heterocycles. The molecule has 2 heteroatoms. The standard InChI is InChI=1S/10C5H12.C4H8O2/c10*1-3-5-4-2;1-3-6-4(2)5/h10*3-5H2,1-2H3;3H2,1-2H3. The fourth-order valence-corrected chi connectivity index (χ4v) is 3.74. The molecule has 0 amide bonds. The molecule has 0 saturated carbocycles. The Morgan fingerprint density at radius 1 is 0.232 bits per heavy atom. The summed E-state index contributed by atoms with van der Waals surface area (Å²) in [4.78, 5) is 9.82. The first kappa shape index (κ1) is 83.2. The van der Waals surface area contributed by atoms with E-state index in [2.05, 4.69) is 143 Å². The van der Waals surface area contributed by atoms with Crippen molar-refractivity contribution in [3.05, 3.63) is 0 Å². The van der Waals surface area contributed by atoms with Crippen LogP contribution in [0.5, 0.6) is 0 Å². The molecule has 0 atom stereocenters. The van der Waals surface area contributed by atoms with Crippen LogP contribution in [0.25, 0.3) is 0 Å². The molecular formula is C54H128O2. The molecular weight excluding hydrogens is 681 g/mol. The predicted molar refractivity (Wildman–Crippen MR) is 274 cm³/mol. The van der Waals surface area contributed by atoms with Crippen molar-refractivity contribution in [2.45, 2.75) is 345 Å². The molecule has 0 unspecified atom stereocenters. The Bertz CT molecular complexity index is 288. The molecule has 0 aromatic rings. The lowest BCUT2D eigenvalue weighted by Crippen LogP contribution is -1.95. The lowest BCUT2D eigenvalue weighted by Gasteiger charge is -1.89. The molecule has 0 fully saturated rings. The third kappa shape index (κ3) is 292. The van der Waals surface area contributed by atoms with Gasteiger partial charge in [0, 0.05) is 6.92 Å². The van der Waals surface area contributed by atoms with E-state index in [9.17, 15) is 4.79 Å². The average molecular weight is 810 g/mol. The minimum Gasteiger partial charge on any atom is -0.466 e. The molecule has 0 rings (SSSR count).